The van der Waals surface area contributed by atoms with Crippen LogP contribution in [0.15, 0.2) is 12.2 Å². The molecule has 13 heavy (non-hydrogen) atoms. The molecule has 1 aliphatic heterocycles. The molecule has 72 valence electrons. The maximum atomic E-state index is 11.3. The van der Waals surface area contributed by atoms with Gasteiger partial charge in [0, 0.05) is 12.1 Å². The summed E-state index contributed by atoms with van der Waals surface area (Å²) in [5.41, 5.74) is 1.27. The van der Waals surface area contributed by atoms with Crippen LogP contribution in [0.25, 0.3) is 0 Å². The lowest BCUT2D eigenvalue weighted by molar-refractivity contribution is -0.127. The van der Waals surface area contributed by atoms with Gasteiger partial charge in [-0.2, -0.15) is 0 Å². The first-order valence-electron chi connectivity index (χ1n) is 4.83. The third-order valence-corrected chi connectivity index (χ3v) is 3.07. The lowest BCUT2D eigenvalue weighted by Gasteiger charge is -2.42. The quantitative estimate of drug-likeness (QED) is 0.551. The van der Waals surface area contributed by atoms with Gasteiger partial charge in [0.1, 0.15) is 0 Å². The van der Waals surface area contributed by atoms with Gasteiger partial charge < -0.3 is 5.32 Å². The number of hydrogen-bond acceptors (Lipinski definition) is 2. The number of hydrogen-bond donors (Lipinski definition) is 1. The molecule has 3 nitrogen and oxygen atoms in total. The summed E-state index contributed by atoms with van der Waals surface area (Å²) < 4.78 is 0. The molecule has 0 aromatic rings. The number of carbonyl (C=O) groups excluding carboxylic acids is 1. The predicted octanol–water partition coefficient (Wildman–Crippen LogP) is 0.525. The molecule has 2 aliphatic rings. The van der Waals surface area contributed by atoms with Gasteiger partial charge in [0.2, 0.25) is 5.91 Å². The lowest BCUT2D eigenvalue weighted by atomic mass is 9.85. The number of rotatable bonds is 0. The molecular weight excluding hydrogens is 164 g/mol. The highest BCUT2D eigenvalue weighted by atomic mass is 16.2. The zero-order valence-corrected chi connectivity index (χ0v) is 8.05. The van der Waals surface area contributed by atoms with E-state index in [0.717, 1.165) is 19.3 Å². The van der Waals surface area contributed by atoms with Crippen LogP contribution in [-0.2, 0) is 4.79 Å². The summed E-state index contributed by atoms with van der Waals surface area (Å²) in [4.78, 5) is 13.4. The maximum absolute atomic E-state index is 11.3. The molecule has 3 heteroatoms. The first kappa shape index (κ1) is 8.75. The van der Waals surface area contributed by atoms with Crippen molar-refractivity contribution in [1.82, 2.24) is 10.2 Å². The second-order valence-electron chi connectivity index (χ2n) is 4.15. The molecule has 1 saturated carbocycles. The molecule has 0 bridgehead atoms. The molecule has 1 N–H and O–H groups in total. The molecule has 0 radical (unpaired) electrons. The number of amides is 1. The molecular formula is C10H16N2O. The molecule has 2 fully saturated rings. The number of piperazine rings is 1. The molecule has 1 saturated heterocycles. The van der Waals surface area contributed by atoms with Crippen molar-refractivity contribution in [1.29, 1.82) is 0 Å². The van der Waals surface area contributed by atoms with E-state index < -0.39 is 0 Å². The Morgan fingerprint density at radius 1 is 1.62 bits per heavy atom. The van der Waals surface area contributed by atoms with Crippen molar-refractivity contribution in [3.63, 3.8) is 0 Å². The number of nitrogens with zero attached hydrogens (tertiary/aromatic N) is 1. The van der Waals surface area contributed by atoms with Gasteiger partial charge in [-0.3, -0.25) is 9.69 Å². The Morgan fingerprint density at radius 3 is 3.15 bits per heavy atom. The van der Waals surface area contributed by atoms with Gasteiger partial charge in [-0.1, -0.05) is 12.2 Å². The fourth-order valence-corrected chi connectivity index (χ4v) is 2.37. The van der Waals surface area contributed by atoms with E-state index in [9.17, 15) is 4.79 Å². The Balaban J connectivity index is 2.10. The van der Waals surface area contributed by atoms with E-state index >= 15 is 0 Å². The predicted molar refractivity (Wildman–Crippen MR) is 51.3 cm³/mol. The Hall–Kier alpha value is -0.830. The normalized spacial score (nSPS) is 35.5. The summed E-state index contributed by atoms with van der Waals surface area (Å²) in [6.07, 6.45) is 3.21. The SMILES string of the molecule is C=C1CCC2C(C1)NC(=O)CN2C. The van der Waals surface area contributed by atoms with E-state index in [0.29, 0.717) is 18.6 Å². The van der Waals surface area contributed by atoms with E-state index in [1.807, 2.05) is 7.05 Å². The molecule has 0 spiro atoms. The van der Waals surface area contributed by atoms with Crippen LogP contribution < -0.4 is 5.32 Å². The van der Waals surface area contributed by atoms with Gasteiger partial charge in [-0.05, 0) is 26.3 Å². The fourth-order valence-electron chi connectivity index (χ4n) is 2.37. The van der Waals surface area contributed by atoms with Crippen molar-refractivity contribution in [2.45, 2.75) is 31.3 Å². The van der Waals surface area contributed by atoms with Gasteiger partial charge in [-0.15, -0.1) is 0 Å². The first-order valence-corrected chi connectivity index (χ1v) is 4.83. The second kappa shape index (κ2) is 3.14. The van der Waals surface area contributed by atoms with Gasteiger partial charge >= 0.3 is 0 Å². The van der Waals surface area contributed by atoms with Crippen LogP contribution in [0.1, 0.15) is 19.3 Å². The van der Waals surface area contributed by atoms with Crippen molar-refractivity contribution < 1.29 is 4.79 Å². The summed E-state index contributed by atoms with van der Waals surface area (Å²) in [7, 11) is 2.03. The monoisotopic (exact) mass is 180 g/mol. The minimum absolute atomic E-state index is 0.151. The van der Waals surface area contributed by atoms with Gasteiger partial charge in [-0.25, -0.2) is 0 Å². The molecule has 0 aromatic carbocycles. The highest BCUT2D eigenvalue weighted by Crippen LogP contribution is 2.27. The third kappa shape index (κ3) is 1.61. The van der Waals surface area contributed by atoms with Crippen molar-refractivity contribution in [3.05, 3.63) is 12.2 Å². The summed E-state index contributed by atoms with van der Waals surface area (Å²) in [6, 6.07) is 0.843. The number of carbonyl (C=O) groups is 1. The van der Waals surface area contributed by atoms with E-state index in [4.69, 9.17) is 0 Å². The van der Waals surface area contributed by atoms with Crippen LogP contribution >= 0.6 is 0 Å². The van der Waals surface area contributed by atoms with E-state index in [-0.39, 0.29) is 5.91 Å². The van der Waals surface area contributed by atoms with Crippen LogP contribution in [0.4, 0.5) is 0 Å². The van der Waals surface area contributed by atoms with Gasteiger partial charge in [0.05, 0.1) is 6.54 Å². The van der Waals surface area contributed by atoms with Crippen LogP contribution in [0.2, 0.25) is 0 Å². The summed E-state index contributed by atoms with van der Waals surface area (Å²) in [5, 5.41) is 3.04. The molecule has 2 unspecified atom stereocenters. The Kier molecular flexibility index (Phi) is 2.12. The minimum Gasteiger partial charge on any atom is -0.350 e. The molecule has 1 heterocycles. The number of nitrogens with one attached hydrogen (secondary N) is 1. The molecule has 2 atom stereocenters. The fraction of sp³-hybridized carbons (Fsp3) is 0.700. The zero-order valence-electron chi connectivity index (χ0n) is 8.05. The van der Waals surface area contributed by atoms with Gasteiger partial charge in [0.15, 0.2) is 0 Å². The largest absolute Gasteiger partial charge is 0.350 e. The third-order valence-electron chi connectivity index (χ3n) is 3.07. The van der Waals surface area contributed by atoms with Crippen molar-refractivity contribution in [2.75, 3.05) is 13.6 Å². The molecule has 0 aromatic heterocycles. The highest BCUT2D eigenvalue weighted by Gasteiger charge is 2.35. The van der Waals surface area contributed by atoms with Crippen LogP contribution in [-0.4, -0.2) is 36.5 Å². The smallest absolute Gasteiger partial charge is 0.234 e. The lowest BCUT2D eigenvalue weighted by Crippen LogP contribution is -2.60. The summed E-state index contributed by atoms with van der Waals surface area (Å²) in [6.45, 7) is 4.53. The van der Waals surface area contributed by atoms with Crippen molar-refractivity contribution >= 4 is 5.91 Å². The molecule has 1 aliphatic carbocycles. The van der Waals surface area contributed by atoms with Crippen LogP contribution in [0.3, 0.4) is 0 Å². The maximum Gasteiger partial charge on any atom is 0.234 e. The summed E-state index contributed by atoms with van der Waals surface area (Å²) >= 11 is 0. The Bertz CT molecular complexity index is 247. The first-order chi connectivity index (χ1) is 6.16. The Morgan fingerprint density at radius 2 is 2.38 bits per heavy atom. The summed E-state index contributed by atoms with van der Waals surface area (Å²) in [5.74, 6) is 0.151. The van der Waals surface area contributed by atoms with Crippen molar-refractivity contribution in [2.24, 2.45) is 0 Å². The average molecular weight is 180 g/mol. The topological polar surface area (TPSA) is 32.3 Å². The average Bonchev–Trinajstić information content (AvgIpc) is 2.02. The van der Waals surface area contributed by atoms with Gasteiger partial charge in [0.25, 0.3) is 0 Å². The van der Waals surface area contributed by atoms with Crippen molar-refractivity contribution in [3.8, 4) is 0 Å². The standard InChI is InChI=1S/C10H16N2O/c1-7-3-4-9-8(5-7)11-10(13)6-12(9)2/h8-9H,1,3-6H2,2H3,(H,11,13). The Labute approximate surface area is 78.8 Å². The highest BCUT2D eigenvalue weighted by molar-refractivity contribution is 5.79. The minimum atomic E-state index is 0.151. The van der Waals surface area contributed by atoms with E-state index in [2.05, 4.69) is 16.8 Å². The van der Waals surface area contributed by atoms with E-state index in [1.54, 1.807) is 0 Å². The number of fused-ring (bicyclic) bond motifs is 1. The molecule has 2 rings (SSSR count). The van der Waals surface area contributed by atoms with Crippen LogP contribution in [0.5, 0.6) is 0 Å². The van der Waals surface area contributed by atoms with Crippen LogP contribution in [0, 0.1) is 0 Å². The van der Waals surface area contributed by atoms with E-state index in [1.165, 1.54) is 5.57 Å². The second-order valence-corrected chi connectivity index (χ2v) is 4.15. The zero-order chi connectivity index (χ0) is 9.42. The number of likely N-dealkylation sites (N-methyl/N-ethyl adjacent to an activating group) is 1. The molecule has 1 amide bonds.